The summed E-state index contributed by atoms with van der Waals surface area (Å²) in [4.78, 5) is 19.2. The van der Waals surface area contributed by atoms with E-state index >= 15 is 0 Å². The molecule has 0 amide bonds. The Bertz CT molecular complexity index is 993. The Morgan fingerprint density at radius 2 is 2.12 bits per heavy atom. The van der Waals surface area contributed by atoms with Gasteiger partial charge in [-0.25, -0.2) is 4.98 Å². The highest BCUT2D eigenvalue weighted by atomic mass is 35.5. The molecule has 0 bridgehead atoms. The molecule has 0 saturated carbocycles. The van der Waals surface area contributed by atoms with Gasteiger partial charge in [0.05, 0.1) is 22.5 Å². The molecule has 1 saturated heterocycles. The Hall–Kier alpha value is -2.18. The lowest BCUT2D eigenvalue weighted by Crippen LogP contribution is -2.24. The molecular formula is C18H20ClN5O. The second-order valence-electron chi connectivity index (χ2n) is 6.71. The van der Waals surface area contributed by atoms with Crippen molar-refractivity contribution in [1.29, 1.82) is 0 Å². The van der Waals surface area contributed by atoms with E-state index in [0.29, 0.717) is 23.3 Å². The molecule has 0 aromatic carbocycles. The lowest BCUT2D eigenvalue weighted by molar-refractivity contribution is 0.307. The monoisotopic (exact) mass is 357 g/mol. The molecule has 0 radical (unpaired) electrons. The molecule has 7 heteroatoms. The van der Waals surface area contributed by atoms with Crippen LogP contribution in [0.5, 0.6) is 0 Å². The smallest absolute Gasteiger partial charge is 0.258 e. The zero-order valence-electron chi connectivity index (χ0n) is 14.3. The first-order valence-electron chi connectivity index (χ1n) is 8.42. The molecule has 0 aliphatic carbocycles. The topological polar surface area (TPSA) is 55.4 Å². The Kier molecular flexibility index (Phi) is 4.09. The van der Waals surface area contributed by atoms with E-state index < -0.39 is 0 Å². The second-order valence-corrected chi connectivity index (χ2v) is 7.15. The summed E-state index contributed by atoms with van der Waals surface area (Å²) in [6, 6.07) is 7.62. The maximum atomic E-state index is 12.3. The first-order chi connectivity index (χ1) is 12.0. The number of aryl methyl sites for hydroxylation is 2. The normalized spacial score (nSPS) is 18.3. The molecule has 1 aliphatic rings. The fraction of sp³-hybridized carbons (Fsp3) is 0.389. The van der Waals surface area contributed by atoms with Crippen LogP contribution in [0.15, 0.2) is 35.3 Å². The molecule has 6 nitrogen and oxygen atoms in total. The summed E-state index contributed by atoms with van der Waals surface area (Å²) in [6.45, 7) is 6.69. The molecule has 3 aromatic rings. The fourth-order valence-corrected chi connectivity index (χ4v) is 3.77. The molecule has 0 spiro atoms. The summed E-state index contributed by atoms with van der Waals surface area (Å²) in [5.74, 6) is 0. The Morgan fingerprint density at radius 1 is 1.28 bits per heavy atom. The van der Waals surface area contributed by atoms with Crippen molar-refractivity contribution in [3.63, 3.8) is 0 Å². The van der Waals surface area contributed by atoms with Crippen LogP contribution in [0.4, 0.5) is 0 Å². The van der Waals surface area contributed by atoms with Crippen LogP contribution in [-0.4, -0.2) is 37.2 Å². The first kappa shape index (κ1) is 16.3. The van der Waals surface area contributed by atoms with Crippen LogP contribution in [0.25, 0.3) is 5.65 Å². The zero-order valence-corrected chi connectivity index (χ0v) is 15.1. The van der Waals surface area contributed by atoms with Crippen LogP contribution in [0, 0.1) is 13.8 Å². The van der Waals surface area contributed by atoms with Crippen LogP contribution in [0.2, 0.25) is 5.02 Å². The van der Waals surface area contributed by atoms with Crippen molar-refractivity contribution >= 4 is 17.2 Å². The largest absolute Gasteiger partial charge is 0.295 e. The van der Waals surface area contributed by atoms with Crippen LogP contribution in [0.1, 0.15) is 29.5 Å². The van der Waals surface area contributed by atoms with Crippen molar-refractivity contribution in [2.24, 2.45) is 0 Å². The minimum Gasteiger partial charge on any atom is -0.295 e. The summed E-state index contributed by atoms with van der Waals surface area (Å²) < 4.78 is 3.61. The molecule has 4 heterocycles. The third-order valence-electron chi connectivity index (χ3n) is 4.70. The highest BCUT2D eigenvalue weighted by Gasteiger charge is 2.26. The number of pyridine rings is 1. The number of likely N-dealkylation sites (tertiary alicyclic amines) is 1. The van der Waals surface area contributed by atoms with E-state index in [4.69, 9.17) is 11.6 Å². The van der Waals surface area contributed by atoms with Gasteiger partial charge in [0, 0.05) is 37.6 Å². The van der Waals surface area contributed by atoms with Crippen molar-refractivity contribution in [2.45, 2.75) is 32.9 Å². The van der Waals surface area contributed by atoms with Gasteiger partial charge in [-0.1, -0.05) is 11.6 Å². The van der Waals surface area contributed by atoms with Gasteiger partial charge < -0.3 is 0 Å². The Morgan fingerprint density at radius 3 is 2.88 bits per heavy atom. The van der Waals surface area contributed by atoms with Gasteiger partial charge in [0.15, 0.2) is 0 Å². The minimum atomic E-state index is -0.100. The van der Waals surface area contributed by atoms with Crippen molar-refractivity contribution in [1.82, 2.24) is 24.1 Å². The van der Waals surface area contributed by atoms with E-state index in [-0.39, 0.29) is 5.56 Å². The molecule has 0 N–H and O–H groups in total. The third-order valence-corrected chi connectivity index (χ3v) is 4.92. The predicted molar refractivity (Wildman–Crippen MR) is 97.1 cm³/mol. The van der Waals surface area contributed by atoms with Crippen molar-refractivity contribution in [3.8, 4) is 0 Å². The number of rotatable bonds is 3. The number of aromatic nitrogens is 4. The molecular weight excluding hydrogens is 338 g/mol. The van der Waals surface area contributed by atoms with Crippen LogP contribution in [0.3, 0.4) is 0 Å². The van der Waals surface area contributed by atoms with Crippen LogP contribution >= 0.6 is 11.6 Å². The standard InChI is InChI=1S/C18H20ClN5O/c1-12-7-13(2)24(21-12)16-5-6-22(11-16)10-15-8-18(25)23-9-14(19)3-4-17(23)20-15/h3-4,7-9,16H,5-6,10-11H2,1-2H3. The molecule has 1 atom stereocenters. The van der Waals surface area contributed by atoms with Crippen molar-refractivity contribution < 1.29 is 0 Å². The molecule has 25 heavy (non-hydrogen) atoms. The van der Waals surface area contributed by atoms with E-state index in [1.54, 1.807) is 24.4 Å². The summed E-state index contributed by atoms with van der Waals surface area (Å²) in [5.41, 5.74) is 3.57. The van der Waals surface area contributed by atoms with Crippen LogP contribution < -0.4 is 5.56 Å². The Balaban J connectivity index is 1.53. The number of fused-ring (bicyclic) bond motifs is 1. The average molecular weight is 358 g/mol. The summed E-state index contributed by atoms with van der Waals surface area (Å²) in [6.07, 6.45) is 2.66. The SMILES string of the molecule is Cc1cc(C)n(C2CCN(Cc3cc(=O)n4cc(Cl)ccc4n3)C2)n1. The van der Waals surface area contributed by atoms with E-state index in [2.05, 4.69) is 32.7 Å². The number of nitrogens with zero attached hydrogens (tertiary/aromatic N) is 5. The quantitative estimate of drug-likeness (QED) is 0.723. The van der Waals surface area contributed by atoms with Gasteiger partial charge in [-0.05, 0) is 38.5 Å². The summed E-state index contributed by atoms with van der Waals surface area (Å²) in [5, 5.41) is 5.13. The van der Waals surface area contributed by atoms with Gasteiger partial charge in [-0.2, -0.15) is 5.10 Å². The predicted octanol–water partition coefficient (Wildman–Crippen LogP) is 2.61. The summed E-state index contributed by atoms with van der Waals surface area (Å²) >= 11 is 5.95. The lowest BCUT2D eigenvalue weighted by atomic mass is 10.2. The molecule has 130 valence electrons. The maximum Gasteiger partial charge on any atom is 0.258 e. The highest BCUT2D eigenvalue weighted by molar-refractivity contribution is 6.30. The minimum absolute atomic E-state index is 0.100. The second kappa shape index (κ2) is 6.28. The number of hydrogen-bond acceptors (Lipinski definition) is 4. The van der Waals surface area contributed by atoms with Crippen molar-refractivity contribution in [3.05, 3.63) is 62.9 Å². The van der Waals surface area contributed by atoms with E-state index in [1.807, 2.05) is 6.92 Å². The van der Waals surface area contributed by atoms with Gasteiger partial charge in [0.1, 0.15) is 5.65 Å². The molecule has 1 aliphatic heterocycles. The van der Waals surface area contributed by atoms with Gasteiger partial charge in [-0.15, -0.1) is 0 Å². The van der Waals surface area contributed by atoms with E-state index in [0.717, 1.165) is 30.9 Å². The van der Waals surface area contributed by atoms with Gasteiger partial charge in [-0.3, -0.25) is 18.8 Å². The third kappa shape index (κ3) is 3.19. The molecule has 4 rings (SSSR count). The van der Waals surface area contributed by atoms with Crippen molar-refractivity contribution in [2.75, 3.05) is 13.1 Å². The fourth-order valence-electron chi connectivity index (χ4n) is 3.61. The first-order valence-corrected chi connectivity index (χ1v) is 8.80. The Labute approximate surface area is 150 Å². The molecule has 1 unspecified atom stereocenters. The van der Waals surface area contributed by atoms with E-state index in [1.165, 1.54) is 10.1 Å². The maximum absolute atomic E-state index is 12.3. The molecule has 3 aromatic heterocycles. The zero-order chi connectivity index (χ0) is 17.6. The van der Waals surface area contributed by atoms with Crippen LogP contribution in [-0.2, 0) is 6.54 Å². The van der Waals surface area contributed by atoms with E-state index in [9.17, 15) is 4.79 Å². The van der Waals surface area contributed by atoms with Gasteiger partial charge >= 0.3 is 0 Å². The lowest BCUT2D eigenvalue weighted by Gasteiger charge is -2.17. The summed E-state index contributed by atoms with van der Waals surface area (Å²) in [7, 11) is 0. The number of halogens is 1. The van der Waals surface area contributed by atoms with Gasteiger partial charge in [0.25, 0.3) is 5.56 Å². The average Bonchev–Trinajstić information content (AvgIpc) is 3.14. The van der Waals surface area contributed by atoms with Gasteiger partial charge in [0.2, 0.25) is 0 Å². The highest BCUT2D eigenvalue weighted by Crippen LogP contribution is 2.24. The number of hydrogen-bond donors (Lipinski definition) is 0. The molecule has 1 fully saturated rings.